The third-order valence-electron chi connectivity index (χ3n) is 5.06. The van der Waals surface area contributed by atoms with E-state index in [1.165, 1.54) is 18.0 Å². The number of carbonyl (C=O) groups excluding carboxylic acids is 1. The molecule has 0 aromatic carbocycles. The molecule has 2 unspecified atom stereocenters. The number of thioether (sulfide) groups is 1. The van der Waals surface area contributed by atoms with Gasteiger partial charge in [0, 0.05) is 43.5 Å². The molecule has 6 nitrogen and oxygen atoms in total. The van der Waals surface area contributed by atoms with E-state index in [1.807, 2.05) is 16.7 Å². The second kappa shape index (κ2) is 8.23. The molecule has 0 aliphatic carbocycles. The number of pyridine rings is 2. The standard InChI is InChI=1S/C19H19ClN4O2S2/c20-14-4-5-16(21-7-14)22-17(25)11-28-19(27)23-8-12-6-13(10-23)15-2-1-3-18(26)24(15)9-12/h1-5,7,12-13H,6,8-11H2,(H,21,22,25). The van der Waals surface area contributed by atoms with E-state index < -0.39 is 0 Å². The Morgan fingerprint density at radius 2 is 2.14 bits per heavy atom. The van der Waals surface area contributed by atoms with Crippen LogP contribution >= 0.6 is 35.6 Å². The smallest absolute Gasteiger partial charge is 0.250 e. The molecule has 2 atom stereocenters. The summed E-state index contributed by atoms with van der Waals surface area (Å²) in [6, 6.07) is 8.83. The fourth-order valence-corrected chi connectivity index (χ4v) is 4.99. The second-order valence-corrected chi connectivity index (χ2v) is 9.11. The van der Waals surface area contributed by atoms with Gasteiger partial charge in [-0.15, -0.1) is 0 Å². The molecule has 9 heteroatoms. The number of amides is 1. The van der Waals surface area contributed by atoms with E-state index >= 15 is 0 Å². The molecule has 2 aliphatic rings. The number of hydrogen-bond donors (Lipinski definition) is 1. The highest BCUT2D eigenvalue weighted by Gasteiger charge is 2.35. The van der Waals surface area contributed by atoms with Crippen LogP contribution in [0.15, 0.2) is 41.3 Å². The molecule has 1 N–H and O–H groups in total. The van der Waals surface area contributed by atoms with Crippen molar-refractivity contribution >= 4 is 51.6 Å². The number of likely N-dealkylation sites (tertiary alicyclic amines) is 1. The number of nitrogens with zero attached hydrogens (tertiary/aromatic N) is 3. The largest absolute Gasteiger partial charge is 0.356 e. The average molecular weight is 435 g/mol. The van der Waals surface area contributed by atoms with Crippen molar-refractivity contribution in [2.75, 3.05) is 24.2 Å². The summed E-state index contributed by atoms with van der Waals surface area (Å²) in [6.07, 6.45) is 2.57. The Morgan fingerprint density at radius 1 is 1.29 bits per heavy atom. The van der Waals surface area contributed by atoms with Crippen LogP contribution in [0.5, 0.6) is 0 Å². The summed E-state index contributed by atoms with van der Waals surface area (Å²) >= 11 is 12.7. The maximum atomic E-state index is 12.2. The summed E-state index contributed by atoms with van der Waals surface area (Å²) < 4.78 is 2.62. The number of piperidine rings is 1. The first kappa shape index (κ1) is 19.4. The van der Waals surface area contributed by atoms with Crippen LogP contribution in [-0.2, 0) is 11.3 Å². The van der Waals surface area contributed by atoms with Crippen molar-refractivity contribution in [3.8, 4) is 0 Å². The van der Waals surface area contributed by atoms with Gasteiger partial charge in [-0.3, -0.25) is 9.59 Å². The van der Waals surface area contributed by atoms with Gasteiger partial charge in [0.05, 0.1) is 10.8 Å². The number of nitrogens with one attached hydrogen (secondary N) is 1. The fourth-order valence-electron chi connectivity index (χ4n) is 3.89. The second-order valence-electron chi connectivity index (χ2n) is 7.07. The van der Waals surface area contributed by atoms with Crippen molar-refractivity contribution < 1.29 is 4.79 Å². The minimum atomic E-state index is -0.156. The van der Waals surface area contributed by atoms with Gasteiger partial charge in [-0.25, -0.2) is 4.98 Å². The number of anilines is 1. The zero-order chi connectivity index (χ0) is 19.7. The van der Waals surface area contributed by atoms with Crippen LogP contribution in [0.2, 0.25) is 5.02 Å². The van der Waals surface area contributed by atoms with Gasteiger partial charge in [0.2, 0.25) is 5.91 Å². The lowest BCUT2D eigenvalue weighted by molar-refractivity contribution is -0.113. The van der Waals surface area contributed by atoms with Crippen LogP contribution in [0.25, 0.3) is 0 Å². The lowest BCUT2D eigenvalue weighted by Gasteiger charge is -2.43. The maximum Gasteiger partial charge on any atom is 0.250 e. The van der Waals surface area contributed by atoms with Crippen LogP contribution in [0.3, 0.4) is 0 Å². The average Bonchev–Trinajstić information content (AvgIpc) is 2.68. The summed E-state index contributed by atoms with van der Waals surface area (Å²) in [5.41, 5.74) is 1.16. The van der Waals surface area contributed by atoms with Gasteiger partial charge in [0.25, 0.3) is 5.56 Å². The lowest BCUT2D eigenvalue weighted by Crippen LogP contribution is -2.48. The molecule has 0 spiro atoms. The normalized spacial score (nSPS) is 20.4. The molecule has 0 radical (unpaired) electrons. The number of aromatic nitrogens is 2. The summed E-state index contributed by atoms with van der Waals surface area (Å²) in [6.45, 7) is 2.34. The predicted octanol–water partition coefficient (Wildman–Crippen LogP) is 2.97. The van der Waals surface area contributed by atoms with Gasteiger partial charge < -0.3 is 14.8 Å². The highest BCUT2D eigenvalue weighted by Crippen LogP contribution is 2.36. The Morgan fingerprint density at radius 3 is 2.93 bits per heavy atom. The Labute approximate surface area is 177 Å². The molecule has 146 valence electrons. The number of halogens is 1. The van der Waals surface area contributed by atoms with Gasteiger partial charge in [-0.1, -0.05) is 41.6 Å². The topological polar surface area (TPSA) is 67.2 Å². The highest BCUT2D eigenvalue weighted by atomic mass is 35.5. The third-order valence-corrected chi connectivity index (χ3v) is 6.81. The van der Waals surface area contributed by atoms with Gasteiger partial charge in [0.15, 0.2) is 0 Å². The van der Waals surface area contributed by atoms with Crippen LogP contribution in [-0.4, -0.2) is 43.5 Å². The Balaban J connectivity index is 1.34. The van der Waals surface area contributed by atoms with Crippen molar-refractivity contribution in [3.05, 3.63) is 57.6 Å². The minimum absolute atomic E-state index is 0.0741. The molecule has 1 saturated heterocycles. The fraction of sp³-hybridized carbons (Fsp3) is 0.368. The highest BCUT2D eigenvalue weighted by molar-refractivity contribution is 8.23. The van der Waals surface area contributed by atoms with E-state index in [9.17, 15) is 9.59 Å². The number of hydrogen-bond acceptors (Lipinski definition) is 5. The van der Waals surface area contributed by atoms with Crippen molar-refractivity contribution in [2.24, 2.45) is 5.92 Å². The first-order valence-electron chi connectivity index (χ1n) is 9.02. The Hall–Kier alpha value is -1.90. The number of rotatable bonds is 3. The summed E-state index contributed by atoms with van der Waals surface area (Å²) in [5.74, 6) is 1.24. The van der Waals surface area contributed by atoms with E-state index in [-0.39, 0.29) is 17.2 Å². The molecule has 2 aliphatic heterocycles. The molecule has 28 heavy (non-hydrogen) atoms. The van der Waals surface area contributed by atoms with Gasteiger partial charge >= 0.3 is 0 Å². The van der Waals surface area contributed by atoms with E-state index in [2.05, 4.69) is 15.2 Å². The van der Waals surface area contributed by atoms with Crippen LogP contribution in [0.1, 0.15) is 18.0 Å². The summed E-state index contributed by atoms with van der Waals surface area (Å²) in [4.78, 5) is 30.5. The molecule has 2 aromatic heterocycles. The molecule has 4 rings (SSSR count). The first-order chi connectivity index (χ1) is 13.5. The van der Waals surface area contributed by atoms with Crippen molar-refractivity contribution in [2.45, 2.75) is 18.9 Å². The number of fused-ring (bicyclic) bond motifs is 4. The molecular weight excluding hydrogens is 416 g/mol. The van der Waals surface area contributed by atoms with Gasteiger partial charge in [0.1, 0.15) is 10.1 Å². The Kier molecular flexibility index (Phi) is 5.70. The number of thiocarbonyl (C=S) groups is 1. The molecule has 1 amide bonds. The lowest BCUT2D eigenvalue weighted by atomic mass is 9.83. The van der Waals surface area contributed by atoms with E-state index in [4.69, 9.17) is 23.8 Å². The monoisotopic (exact) mass is 434 g/mol. The quantitative estimate of drug-likeness (QED) is 0.749. The Bertz CT molecular complexity index is 963. The molecule has 4 heterocycles. The summed E-state index contributed by atoms with van der Waals surface area (Å²) in [5, 5.41) is 3.26. The first-order valence-corrected chi connectivity index (χ1v) is 10.8. The minimum Gasteiger partial charge on any atom is -0.356 e. The molecule has 0 saturated carbocycles. The van der Waals surface area contributed by atoms with Crippen molar-refractivity contribution in [1.29, 1.82) is 0 Å². The van der Waals surface area contributed by atoms with Gasteiger partial charge in [-0.05, 0) is 30.5 Å². The SMILES string of the molecule is O=C(CSC(=S)N1CC2CC(C1)c1cccc(=O)n1C2)Nc1ccc(Cl)cn1. The van der Waals surface area contributed by atoms with Crippen LogP contribution in [0, 0.1) is 5.92 Å². The predicted molar refractivity (Wildman–Crippen MR) is 116 cm³/mol. The van der Waals surface area contributed by atoms with Gasteiger partial charge in [-0.2, -0.15) is 0 Å². The maximum absolute atomic E-state index is 12.2. The third kappa shape index (κ3) is 4.24. The molecular formula is C19H19ClN4O2S2. The molecule has 2 bridgehead atoms. The van der Waals surface area contributed by atoms with Crippen LogP contribution in [0.4, 0.5) is 5.82 Å². The van der Waals surface area contributed by atoms with E-state index in [0.29, 0.717) is 22.7 Å². The van der Waals surface area contributed by atoms with Crippen molar-refractivity contribution in [3.63, 3.8) is 0 Å². The molecule has 2 aromatic rings. The zero-order valence-electron chi connectivity index (χ0n) is 15.0. The number of carbonyl (C=O) groups is 1. The molecule has 1 fully saturated rings. The van der Waals surface area contributed by atoms with Crippen molar-refractivity contribution in [1.82, 2.24) is 14.5 Å². The van der Waals surface area contributed by atoms with E-state index in [1.54, 1.807) is 18.2 Å². The zero-order valence-corrected chi connectivity index (χ0v) is 17.4. The van der Waals surface area contributed by atoms with E-state index in [0.717, 1.165) is 36.1 Å². The van der Waals surface area contributed by atoms with Crippen LogP contribution < -0.4 is 10.9 Å². The summed E-state index contributed by atoms with van der Waals surface area (Å²) in [7, 11) is 0.